The molecule has 144 valence electrons. The van der Waals surface area contributed by atoms with E-state index in [4.69, 9.17) is 0 Å². The third-order valence-corrected chi connectivity index (χ3v) is 4.88. The van der Waals surface area contributed by atoms with Gasteiger partial charge in [-0.2, -0.15) is 0 Å². The van der Waals surface area contributed by atoms with E-state index in [-0.39, 0.29) is 29.5 Å². The van der Waals surface area contributed by atoms with Crippen LogP contribution < -0.4 is 0 Å². The van der Waals surface area contributed by atoms with Gasteiger partial charge < -0.3 is 5.11 Å². The van der Waals surface area contributed by atoms with Crippen molar-refractivity contribution < 1.29 is 19.5 Å². The normalized spacial score (nSPS) is 23.5. The molecule has 0 saturated carbocycles. The van der Waals surface area contributed by atoms with Gasteiger partial charge in [-0.3, -0.25) is 14.4 Å². The first kappa shape index (κ1) is 22.1. The average molecular weight is 360 g/mol. The Morgan fingerprint density at radius 2 is 1.62 bits per heavy atom. The summed E-state index contributed by atoms with van der Waals surface area (Å²) in [5.74, 6) is -3.34. The van der Waals surface area contributed by atoms with Gasteiger partial charge >= 0.3 is 0 Å². The molecule has 0 heterocycles. The highest BCUT2D eigenvalue weighted by Gasteiger charge is 2.55. The second kappa shape index (κ2) is 8.15. The molecule has 0 spiro atoms. The highest BCUT2D eigenvalue weighted by Crippen LogP contribution is 2.47. The monoisotopic (exact) mass is 360 g/mol. The maximum absolute atomic E-state index is 13.4. The Hall–Kier alpha value is -1.97. The van der Waals surface area contributed by atoms with E-state index in [1.54, 1.807) is 19.9 Å². The number of aliphatic hydroxyl groups is 1. The fourth-order valence-corrected chi connectivity index (χ4v) is 3.44. The fourth-order valence-electron chi connectivity index (χ4n) is 3.44. The number of carbonyl (C=O) groups is 3. The molecule has 0 bridgehead atoms. The predicted molar refractivity (Wildman–Crippen MR) is 104 cm³/mol. The van der Waals surface area contributed by atoms with Gasteiger partial charge in [-0.05, 0) is 40.0 Å². The first-order valence-electron chi connectivity index (χ1n) is 9.23. The SMILES string of the molecule is CC(C)=CCC1C(=O)C(C(=O)C(C)C)=C(O)C(C=C(C)C)(C(C)C)C1=O. The molecule has 0 saturated heterocycles. The van der Waals surface area contributed by atoms with E-state index >= 15 is 0 Å². The lowest BCUT2D eigenvalue weighted by molar-refractivity contribution is -0.140. The van der Waals surface area contributed by atoms with Gasteiger partial charge in [0.1, 0.15) is 16.7 Å². The van der Waals surface area contributed by atoms with Crippen molar-refractivity contribution in [3.8, 4) is 0 Å². The van der Waals surface area contributed by atoms with Gasteiger partial charge in [-0.25, -0.2) is 0 Å². The zero-order valence-corrected chi connectivity index (χ0v) is 17.3. The highest BCUT2D eigenvalue weighted by molar-refractivity contribution is 6.29. The Morgan fingerprint density at radius 1 is 1.08 bits per heavy atom. The zero-order chi connectivity index (χ0) is 20.4. The summed E-state index contributed by atoms with van der Waals surface area (Å²) in [6.45, 7) is 14.5. The van der Waals surface area contributed by atoms with Crippen LogP contribution in [0.25, 0.3) is 0 Å². The summed E-state index contributed by atoms with van der Waals surface area (Å²) in [4.78, 5) is 39.1. The second-order valence-electron chi connectivity index (χ2n) is 8.29. The van der Waals surface area contributed by atoms with E-state index in [0.717, 1.165) is 11.1 Å². The van der Waals surface area contributed by atoms with Crippen LogP contribution in [0.1, 0.15) is 61.8 Å². The van der Waals surface area contributed by atoms with Crippen LogP contribution in [0.15, 0.2) is 34.6 Å². The van der Waals surface area contributed by atoms with Crippen LogP contribution in [0, 0.1) is 23.2 Å². The molecular weight excluding hydrogens is 328 g/mol. The molecule has 0 aliphatic heterocycles. The minimum absolute atomic E-state index is 0.196. The first-order valence-corrected chi connectivity index (χ1v) is 9.23. The minimum Gasteiger partial charge on any atom is -0.510 e. The van der Waals surface area contributed by atoms with Gasteiger partial charge in [0, 0.05) is 5.92 Å². The lowest BCUT2D eigenvalue weighted by atomic mass is 9.60. The van der Waals surface area contributed by atoms with Crippen LogP contribution in [0.3, 0.4) is 0 Å². The summed E-state index contributed by atoms with van der Waals surface area (Å²) in [7, 11) is 0. The summed E-state index contributed by atoms with van der Waals surface area (Å²) in [5.41, 5.74) is 0.314. The van der Waals surface area contributed by atoms with Crippen molar-refractivity contribution in [2.75, 3.05) is 0 Å². The topological polar surface area (TPSA) is 71.4 Å². The van der Waals surface area contributed by atoms with Gasteiger partial charge in [-0.1, -0.05) is 51.0 Å². The van der Waals surface area contributed by atoms with Gasteiger partial charge in [-0.15, -0.1) is 0 Å². The number of carbonyl (C=O) groups excluding carboxylic acids is 3. The van der Waals surface area contributed by atoms with Crippen LogP contribution in [0.4, 0.5) is 0 Å². The number of allylic oxidation sites excluding steroid dienone is 5. The molecule has 4 nitrogen and oxygen atoms in total. The Labute approximate surface area is 157 Å². The number of rotatable bonds is 6. The van der Waals surface area contributed by atoms with Gasteiger partial charge in [0.15, 0.2) is 17.3 Å². The predicted octanol–water partition coefficient (Wildman–Crippen LogP) is 4.76. The van der Waals surface area contributed by atoms with Crippen LogP contribution in [-0.2, 0) is 14.4 Å². The Bertz CT molecular complexity index is 696. The standard InChI is InChI=1S/C22H32O4/c1-12(2)9-10-16-19(24)17(18(23)14(5)6)21(26)22(15(7)8,20(16)25)11-13(3)4/h9,11,14-16,26H,10H2,1-8H3. The molecule has 1 aliphatic rings. The van der Waals surface area contributed by atoms with Crippen molar-refractivity contribution in [2.45, 2.75) is 61.8 Å². The quantitative estimate of drug-likeness (QED) is 0.421. The third-order valence-electron chi connectivity index (χ3n) is 4.88. The third kappa shape index (κ3) is 3.89. The summed E-state index contributed by atoms with van der Waals surface area (Å²) in [6, 6.07) is 0. The fraction of sp³-hybridized carbons (Fsp3) is 0.591. The Balaban J connectivity index is 3.83. The lowest BCUT2D eigenvalue weighted by Crippen LogP contribution is -2.50. The molecule has 1 aliphatic carbocycles. The van der Waals surface area contributed by atoms with Crippen molar-refractivity contribution in [3.63, 3.8) is 0 Å². The molecule has 2 unspecified atom stereocenters. The van der Waals surface area contributed by atoms with Gasteiger partial charge in [0.25, 0.3) is 0 Å². The molecule has 0 aromatic rings. The number of hydrogen-bond acceptors (Lipinski definition) is 4. The van der Waals surface area contributed by atoms with Crippen molar-refractivity contribution >= 4 is 17.3 Å². The van der Waals surface area contributed by atoms with Crippen LogP contribution in [0.2, 0.25) is 0 Å². The summed E-state index contributed by atoms with van der Waals surface area (Å²) in [6.07, 6.45) is 3.80. The van der Waals surface area contributed by atoms with Crippen molar-refractivity contribution in [1.82, 2.24) is 0 Å². The molecule has 26 heavy (non-hydrogen) atoms. The summed E-state index contributed by atoms with van der Waals surface area (Å²) >= 11 is 0. The highest BCUT2D eigenvalue weighted by atomic mass is 16.3. The average Bonchev–Trinajstić information content (AvgIpc) is 2.50. The largest absolute Gasteiger partial charge is 0.510 e. The Morgan fingerprint density at radius 3 is 2.00 bits per heavy atom. The van der Waals surface area contributed by atoms with E-state index in [2.05, 4.69) is 0 Å². The maximum Gasteiger partial charge on any atom is 0.180 e. The second-order valence-corrected chi connectivity index (χ2v) is 8.29. The number of hydrogen-bond donors (Lipinski definition) is 1. The summed E-state index contributed by atoms with van der Waals surface area (Å²) < 4.78 is 0. The zero-order valence-electron chi connectivity index (χ0n) is 17.3. The van der Waals surface area contributed by atoms with E-state index in [0.29, 0.717) is 0 Å². The molecule has 0 radical (unpaired) electrons. The maximum atomic E-state index is 13.4. The molecule has 0 fully saturated rings. The minimum atomic E-state index is -1.34. The molecular formula is C22H32O4. The van der Waals surface area contributed by atoms with E-state index in [9.17, 15) is 19.5 Å². The number of ketones is 3. The summed E-state index contributed by atoms with van der Waals surface area (Å²) in [5, 5.41) is 11.0. The van der Waals surface area contributed by atoms with E-state index in [1.165, 1.54) is 0 Å². The smallest absolute Gasteiger partial charge is 0.180 e. The molecule has 1 rings (SSSR count). The van der Waals surface area contributed by atoms with Crippen molar-refractivity contribution in [1.29, 1.82) is 0 Å². The molecule has 4 heteroatoms. The Kier molecular flexibility index (Phi) is 6.92. The lowest BCUT2D eigenvalue weighted by Gasteiger charge is -2.40. The molecule has 0 aromatic carbocycles. The first-order chi connectivity index (χ1) is 11.9. The van der Waals surface area contributed by atoms with E-state index in [1.807, 2.05) is 47.6 Å². The molecule has 0 aromatic heterocycles. The van der Waals surface area contributed by atoms with Crippen molar-refractivity contribution in [3.05, 3.63) is 34.6 Å². The van der Waals surface area contributed by atoms with Crippen LogP contribution >= 0.6 is 0 Å². The van der Waals surface area contributed by atoms with Crippen molar-refractivity contribution in [2.24, 2.45) is 23.2 Å². The number of Topliss-reactive ketones (excluding diaryl/α,β-unsaturated/α-hetero) is 3. The number of aliphatic hydroxyl groups excluding tert-OH is 1. The molecule has 1 N–H and O–H groups in total. The molecule has 0 amide bonds. The molecule has 2 atom stereocenters. The van der Waals surface area contributed by atoms with Gasteiger partial charge in [0.2, 0.25) is 0 Å². The van der Waals surface area contributed by atoms with Crippen LogP contribution in [-0.4, -0.2) is 22.5 Å². The van der Waals surface area contributed by atoms with Crippen LogP contribution in [0.5, 0.6) is 0 Å². The van der Waals surface area contributed by atoms with Gasteiger partial charge in [0.05, 0.1) is 5.92 Å². The van der Waals surface area contributed by atoms with E-state index < -0.39 is 28.8 Å².